The molecular weight excluding hydrogens is 294 g/mol. The van der Waals surface area contributed by atoms with Crippen molar-refractivity contribution in [1.29, 1.82) is 0 Å². The summed E-state index contributed by atoms with van der Waals surface area (Å²) in [6.45, 7) is 0.521. The summed E-state index contributed by atoms with van der Waals surface area (Å²) in [6, 6.07) is 6.76. The van der Waals surface area contributed by atoms with E-state index >= 15 is 0 Å². The van der Waals surface area contributed by atoms with Crippen LogP contribution < -0.4 is 5.32 Å². The number of hydrogen-bond donors (Lipinski definition) is 2. The highest BCUT2D eigenvalue weighted by Crippen LogP contribution is 2.21. The predicted octanol–water partition coefficient (Wildman–Crippen LogP) is 1.37. The topological polar surface area (TPSA) is 92.9 Å². The van der Waals surface area contributed by atoms with Crippen molar-refractivity contribution in [1.82, 2.24) is 25.5 Å². The number of halogens is 1. The molecule has 1 fully saturated rings. The standard InChI is InChI=1S/C13H14ClN5O2/c14-9-3-1-8(2-4-9)12-16-18-19(17-12)10-5-6-11(13(20)21)15-7-10/h1-4,10-11,15H,5-7H2,(H,20,21). The maximum Gasteiger partial charge on any atom is 0.320 e. The minimum atomic E-state index is -0.818. The number of hydrogen-bond acceptors (Lipinski definition) is 5. The van der Waals surface area contributed by atoms with Gasteiger partial charge in [0, 0.05) is 17.1 Å². The monoisotopic (exact) mass is 307 g/mol. The molecule has 0 bridgehead atoms. The first-order valence-corrected chi connectivity index (χ1v) is 7.03. The Bertz CT molecular complexity index is 634. The Hall–Kier alpha value is -1.99. The lowest BCUT2D eigenvalue weighted by Gasteiger charge is -2.26. The van der Waals surface area contributed by atoms with E-state index in [1.165, 1.54) is 0 Å². The smallest absolute Gasteiger partial charge is 0.320 e. The van der Waals surface area contributed by atoms with E-state index < -0.39 is 12.0 Å². The summed E-state index contributed by atoms with van der Waals surface area (Å²) in [5.41, 5.74) is 0.845. The van der Waals surface area contributed by atoms with Crippen molar-refractivity contribution in [2.45, 2.75) is 24.9 Å². The minimum Gasteiger partial charge on any atom is -0.480 e. The molecule has 110 valence electrons. The second-order valence-corrected chi connectivity index (χ2v) is 5.41. The molecule has 2 heterocycles. The third kappa shape index (κ3) is 3.03. The fraction of sp³-hybridized carbons (Fsp3) is 0.385. The molecule has 0 spiro atoms. The summed E-state index contributed by atoms with van der Waals surface area (Å²) in [5, 5.41) is 25.1. The van der Waals surface area contributed by atoms with Crippen LogP contribution in [0.5, 0.6) is 0 Å². The first-order chi connectivity index (χ1) is 10.1. The van der Waals surface area contributed by atoms with E-state index in [0.29, 0.717) is 30.2 Å². The Labute approximate surface area is 125 Å². The Balaban J connectivity index is 1.71. The first-order valence-electron chi connectivity index (χ1n) is 6.65. The van der Waals surface area contributed by atoms with Crippen molar-refractivity contribution in [3.63, 3.8) is 0 Å². The van der Waals surface area contributed by atoms with Gasteiger partial charge >= 0.3 is 5.97 Å². The summed E-state index contributed by atoms with van der Waals surface area (Å²) >= 11 is 5.85. The molecule has 1 aliphatic heterocycles. The molecule has 2 atom stereocenters. The van der Waals surface area contributed by atoms with Crippen LogP contribution in [-0.2, 0) is 4.79 Å². The normalized spacial score (nSPS) is 22.1. The lowest BCUT2D eigenvalue weighted by atomic mass is 10.0. The number of carbonyl (C=O) groups is 1. The van der Waals surface area contributed by atoms with Gasteiger partial charge in [-0.15, -0.1) is 10.2 Å². The number of carboxylic acid groups (broad SMARTS) is 1. The average Bonchev–Trinajstić information content (AvgIpc) is 2.98. The van der Waals surface area contributed by atoms with E-state index in [1.54, 1.807) is 16.9 Å². The Morgan fingerprint density at radius 1 is 1.33 bits per heavy atom. The first kappa shape index (κ1) is 14.0. The lowest BCUT2D eigenvalue weighted by molar-refractivity contribution is -0.140. The molecule has 2 aromatic rings. The summed E-state index contributed by atoms with van der Waals surface area (Å²) in [5.74, 6) is -0.283. The summed E-state index contributed by atoms with van der Waals surface area (Å²) in [4.78, 5) is 12.4. The highest BCUT2D eigenvalue weighted by molar-refractivity contribution is 6.30. The van der Waals surface area contributed by atoms with Crippen molar-refractivity contribution < 1.29 is 9.90 Å². The molecule has 1 saturated heterocycles. The van der Waals surface area contributed by atoms with Crippen molar-refractivity contribution in [2.24, 2.45) is 0 Å². The van der Waals surface area contributed by atoms with Gasteiger partial charge in [-0.05, 0) is 42.3 Å². The predicted molar refractivity (Wildman–Crippen MR) is 76.0 cm³/mol. The van der Waals surface area contributed by atoms with E-state index in [1.807, 2.05) is 12.1 Å². The van der Waals surface area contributed by atoms with Crippen LogP contribution in [0.15, 0.2) is 24.3 Å². The summed E-state index contributed by atoms with van der Waals surface area (Å²) in [6.07, 6.45) is 1.26. The Morgan fingerprint density at radius 2 is 2.10 bits per heavy atom. The molecule has 7 nitrogen and oxygen atoms in total. The zero-order valence-electron chi connectivity index (χ0n) is 11.1. The van der Waals surface area contributed by atoms with Gasteiger partial charge in [0.25, 0.3) is 0 Å². The molecule has 0 saturated carbocycles. The molecule has 1 aromatic heterocycles. The number of carboxylic acids is 1. The fourth-order valence-electron chi connectivity index (χ4n) is 2.34. The quantitative estimate of drug-likeness (QED) is 0.889. The van der Waals surface area contributed by atoms with Gasteiger partial charge in [0.2, 0.25) is 5.82 Å². The third-order valence-electron chi connectivity index (χ3n) is 3.54. The number of aliphatic carboxylic acids is 1. The lowest BCUT2D eigenvalue weighted by Crippen LogP contribution is -2.44. The van der Waals surface area contributed by atoms with Crippen LogP contribution in [0.3, 0.4) is 0 Å². The highest BCUT2D eigenvalue weighted by Gasteiger charge is 2.27. The van der Waals surface area contributed by atoms with Gasteiger partial charge in [-0.3, -0.25) is 4.79 Å². The van der Waals surface area contributed by atoms with Crippen molar-refractivity contribution in [2.75, 3.05) is 6.54 Å². The van der Waals surface area contributed by atoms with Gasteiger partial charge in [-0.1, -0.05) is 11.6 Å². The number of piperidine rings is 1. The van der Waals surface area contributed by atoms with E-state index in [-0.39, 0.29) is 6.04 Å². The molecule has 0 amide bonds. The molecular formula is C13H14ClN5O2. The molecule has 1 aromatic carbocycles. The van der Waals surface area contributed by atoms with Crippen LogP contribution in [0.2, 0.25) is 5.02 Å². The SMILES string of the molecule is O=C(O)C1CCC(n2nnc(-c3ccc(Cl)cc3)n2)CN1. The number of benzene rings is 1. The molecule has 8 heteroatoms. The second-order valence-electron chi connectivity index (χ2n) is 4.97. The maximum absolute atomic E-state index is 10.9. The number of nitrogens with one attached hydrogen (secondary N) is 1. The van der Waals surface area contributed by atoms with E-state index in [4.69, 9.17) is 16.7 Å². The van der Waals surface area contributed by atoms with Crippen LogP contribution in [0.25, 0.3) is 11.4 Å². The molecule has 2 N–H and O–H groups in total. The van der Waals surface area contributed by atoms with Gasteiger partial charge < -0.3 is 10.4 Å². The van der Waals surface area contributed by atoms with Gasteiger partial charge in [-0.2, -0.15) is 4.80 Å². The van der Waals surface area contributed by atoms with Crippen LogP contribution in [0, 0.1) is 0 Å². The van der Waals surface area contributed by atoms with Crippen LogP contribution >= 0.6 is 11.6 Å². The zero-order chi connectivity index (χ0) is 14.8. The van der Waals surface area contributed by atoms with E-state index in [2.05, 4.69) is 20.7 Å². The summed E-state index contributed by atoms with van der Waals surface area (Å²) < 4.78 is 0. The average molecular weight is 308 g/mol. The van der Waals surface area contributed by atoms with Crippen molar-refractivity contribution >= 4 is 17.6 Å². The van der Waals surface area contributed by atoms with Crippen LogP contribution in [-0.4, -0.2) is 43.9 Å². The minimum absolute atomic E-state index is 0.0224. The highest BCUT2D eigenvalue weighted by atomic mass is 35.5. The molecule has 0 radical (unpaired) electrons. The van der Waals surface area contributed by atoms with Gasteiger partial charge in [0.05, 0.1) is 6.04 Å². The number of nitrogens with zero attached hydrogens (tertiary/aromatic N) is 4. The maximum atomic E-state index is 10.9. The van der Waals surface area contributed by atoms with Crippen molar-refractivity contribution in [3.05, 3.63) is 29.3 Å². The number of aromatic nitrogens is 4. The van der Waals surface area contributed by atoms with Gasteiger partial charge in [0.15, 0.2) is 0 Å². The largest absolute Gasteiger partial charge is 0.480 e. The van der Waals surface area contributed by atoms with Gasteiger partial charge in [-0.25, -0.2) is 0 Å². The summed E-state index contributed by atoms with van der Waals surface area (Å²) in [7, 11) is 0. The third-order valence-corrected chi connectivity index (χ3v) is 3.80. The molecule has 0 aliphatic carbocycles. The second kappa shape index (κ2) is 5.79. The van der Waals surface area contributed by atoms with Crippen LogP contribution in [0.1, 0.15) is 18.9 Å². The molecule has 1 aliphatic rings. The van der Waals surface area contributed by atoms with Crippen LogP contribution in [0.4, 0.5) is 0 Å². The Kier molecular flexibility index (Phi) is 3.85. The molecule has 21 heavy (non-hydrogen) atoms. The Morgan fingerprint density at radius 3 is 2.71 bits per heavy atom. The zero-order valence-corrected chi connectivity index (χ0v) is 11.9. The number of rotatable bonds is 3. The van der Waals surface area contributed by atoms with Gasteiger partial charge in [0.1, 0.15) is 6.04 Å². The fourth-order valence-corrected chi connectivity index (χ4v) is 2.47. The van der Waals surface area contributed by atoms with E-state index in [0.717, 1.165) is 5.56 Å². The van der Waals surface area contributed by atoms with E-state index in [9.17, 15) is 4.79 Å². The molecule has 3 rings (SSSR count). The molecule has 2 unspecified atom stereocenters. The van der Waals surface area contributed by atoms with Crippen molar-refractivity contribution in [3.8, 4) is 11.4 Å². The number of tetrazole rings is 1.